The standard InChI is InChI=1S/C30H35N7O3/c1-5-25(38)31-21-11-9-19(10-12-21)28(39)33-23-8-6-7-22(17-23)32-27-24-18-37(30(2,3)26(24)34-35-27)29(40)20-13-15-36(4)16-14-20/h5-12,17,20H,1,13-16,18H2,2-4H3,(H,31,38)(H,33,39)(H2,32,34,35). The number of hydrogen-bond donors (Lipinski definition) is 4. The minimum absolute atomic E-state index is 0.0474. The van der Waals surface area contributed by atoms with Crippen LogP contribution in [0.25, 0.3) is 0 Å². The van der Waals surface area contributed by atoms with Gasteiger partial charge in [0.2, 0.25) is 11.8 Å². The van der Waals surface area contributed by atoms with Gasteiger partial charge in [-0.15, -0.1) is 0 Å². The van der Waals surface area contributed by atoms with Crippen molar-refractivity contribution in [3.8, 4) is 0 Å². The number of carbonyl (C=O) groups excluding carboxylic acids is 3. The second-order valence-electron chi connectivity index (χ2n) is 10.9. The summed E-state index contributed by atoms with van der Waals surface area (Å²) in [5.41, 5.74) is 3.84. The van der Waals surface area contributed by atoms with Crippen LogP contribution in [0.15, 0.2) is 61.2 Å². The number of piperidine rings is 1. The van der Waals surface area contributed by atoms with Crippen LogP contribution in [0, 0.1) is 5.92 Å². The highest BCUT2D eigenvalue weighted by molar-refractivity contribution is 6.05. The molecular weight excluding hydrogens is 506 g/mol. The van der Waals surface area contributed by atoms with Crippen molar-refractivity contribution >= 4 is 40.6 Å². The molecule has 2 aliphatic heterocycles. The van der Waals surface area contributed by atoms with Crippen molar-refractivity contribution in [2.24, 2.45) is 5.92 Å². The molecule has 1 aromatic heterocycles. The highest BCUT2D eigenvalue weighted by Crippen LogP contribution is 2.42. The minimum atomic E-state index is -0.484. The molecule has 2 aliphatic rings. The van der Waals surface area contributed by atoms with E-state index in [4.69, 9.17) is 0 Å². The Balaban J connectivity index is 1.26. The van der Waals surface area contributed by atoms with Crippen LogP contribution in [-0.2, 0) is 21.7 Å². The molecule has 40 heavy (non-hydrogen) atoms. The van der Waals surface area contributed by atoms with Gasteiger partial charge < -0.3 is 25.8 Å². The number of likely N-dealkylation sites (tertiary alicyclic amines) is 1. The van der Waals surface area contributed by atoms with Crippen molar-refractivity contribution in [2.45, 2.75) is 38.8 Å². The van der Waals surface area contributed by atoms with Crippen molar-refractivity contribution in [1.82, 2.24) is 20.0 Å². The molecule has 2 aromatic carbocycles. The van der Waals surface area contributed by atoms with Crippen molar-refractivity contribution in [2.75, 3.05) is 36.1 Å². The number of rotatable bonds is 7. The number of benzene rings is 2. The number of nitrogens with one attached hydrogen (secondary N) is 4. The molecule has 0 radical (unpaired) electrons. The van der Waals surface area contributed by atoms with Crippen LogP contribution >= 0.6 is 0 Å². The average Bonchev–Trinajstić information content (AvgIpc) is 3.46. The minimum Gasteiger partial charge on any atom is -0.338 e. The summed E-state index contributed by atoms with van der Waals surface area (Å²) >= 11 is 0. The zero-order valence-corrected chi connectivity index (χ0v) is 23.1. The smallest absolute Gasteiger partial charge is 0.255 e. The molecule has 4 N–H and O–H groups in total. The number of amides is 3. The summed E-state index contributed by atoms with van der Waals surface area (Å²) in [5, 5.41) is 16.6. The van der Waals surface area contributed by atoms with Gasteiger partial charge in [-0.1, -0.05) is 12.6 Å². The van der Waals surface area contributed by atoms with Crippen LogP contribution < -0.4 is 16.0 Å². The molecular formula is C30H35N7O3. The van der Waals surface area contributed by atoms with Gasteiger partial charge in [0.05, 0.1) is 17.8 Å². The Kier molecular flexibility index (Phi) is 7.44. The van der Waals surface area contributed by atoms with Gasteiger partial charge in [0.15, 0.2) is 5.82 Å². The normalized spacial score (nSPS) is 16.7. The van der Waals surface area contributed by atoms with E-state index < -0.39 is 5.54 Å². The third-order valence-electron chi connectivity index (χ3n) is 7.79. The monoisotopic (exact) mass is 541 g/mol. The van der Waals surface area contributed by atoms with E-state index in [2.05, 4.69) is 58.5 Å². The van der Waals surface area contributed by atoms with Crippen LogP contribution in [0.2, 0.25) is 0 Å². The molecule has 5 rings (SSSR count). The molecule has 10 heteroatoms. The molecule has 0 bridgehead atoms. The number of anilines is 4. The molecule has 10 nitrogen and oxygen atoms in total. The number of aromatic nitrogens is 2. The predicted octanol–water partition coefficient (Wildman–Crippen LogP) is 4.45. The Bertz CT molecular complexity index is 1440. The molecule has 0 unspecified atom stereocenters. The number of aromatic amines is 1. The maximum Gasteiger partial charge on any atom is 0.255 e. The molecule has 3 aromatic rings. The van der Waals surface area contributed by atoms with Crippen LogP contribution in [0.5, 0.6) is 0 Å². The lowest BCUT2D eigenvalue weighted by Crippen LogP contribution is -2.46. The summed E-state index contributed by atoms with van der Waals surface area (Å²) in [6.45, 7) is 9.92. The third-order valence-corrected chi connectivity index (χ3v) is 7.79. The first-order valence-corrected chi connectivity index (χ1v) is 13.5. The first-order chi connectivity index (χ1) is 19.2. The summed E-state index contributed by atoms with van der Waals surface area (Å²) in [5.74, 6) is 0.330. The van der Waals surface area contributed by atoms with E-state index in [1.807, 2.05) is 29.2 Å². The van der Waals surface area contributed by atoms with E-state index in [1.165, 1.54) is 6.08 Å². The maximum absolute atomic E-state index is 13.5. The number of fused-ring (bicyclic) bond motifs is 1. The Morgan fingerprint density at radius 3 is 2.42 bits per heavy atom. The van der Waals surface area contributed by atoms with Crippen LogP contribution in [-0.4, -0.2) is 57.9 Å². The van der Waals surface area contributed by atoms with E-state index >= 15 is 0 Å². The summed E-state index contributed by atoms with van der Waals surface area (Å²) in [6.07, 6.45) is 2.95. The van der Waals surface area contributed by atoms with Crippen LogP contribution in [0.4, 0.5) is 22.9 Å². The van der Waals surface area contributed by atoms with Gasteiger partial charge in [-0.3, -0.25) is 19.5 Å². The highest BCUT2D eigenvalue weighted by Gasteiger charge is 2.45. The van der Waals surface area contributed by atoms with Gasteiger partial charge in [0.1, 0.15) is 0 Å². The molecule has 1 fully saturated rings. The summed E-state index contributed by atoms with van der Waals surface area (Å²) in [4.78, 5) is 42.0. The van der Waals surface area contributed by atoms with Gasteiger partial charge in [-0.2, -0.15) is 5.10 Å². The number of carbonyl (C=O) groups is 3. The summed E-state index contributed by atoms with van der Waals surface area (Å²) in [6, 6.07) is 14.0. The lowest BCUT2D eigenvalue weighted by Gasteiger charge is -2.37. The van der Waals surface area contributed by atoms with Crippen molar-refractivity contribution in [3.63, 3.8) is 0 Å². The van der Waals surface area contributed by atoms with E-state index in [9.17, 15) is 14.4 Å². The molecule has 0 saturated carbocycles. The lowest BCUT2D eigenvalue weighted by atomic mass is 9.93. The van der Waals surface area contributed by atoms with Gasteiger partial charge >= 0.3 is 0 Å². The molecule has 3 heterocycles. The largest absolute Gasteiger partial charge is 0.338 e. The number of hydrogen-bond acceptors (Lipinski definition) is 6. The second kappa shape index (κ2) is 11.0. The quantitative estimate of drug-likeness (QED) is 0.328. The molecule has 0 aliphatic carbocycles. The summed E-state index contributed by atoms with van der Waals surface area (Å²) < 4.78 is 0. The maximum atomic E-state index is 13.5. The van der Waals surface area contributed by atoms with Crippen molar-refractivity contribution in [3.05, 3.63) is 78.0 Å². The fourth-order valence-corrected chi connectivity index (χ4v) is 5.36. The lowest BCUT2D eigenvalue weighted by molar-refractivity contribution is -0.142. The molecule has 3 amide bonds. The Morgan fingerprint density at radius 2 is 1.73 bits per heavy atom. The Hall–Kier alpha value is -4.44. The molecule has 0 atom stereocenters. The Labute approximate surface area is 233 Å². The van der Waals surface area contributed by atoms with E-state index in [1.54, 1.807) is 24.3 Å². The highest BCUT2D eigenvalue weighted by atomic mass is 16.2. The average molecular weight is 542 g/mol. The van der Waals surface area contributed by atoms with Gasteiger partial charge in [-0.05, 0) is 95.4 Å². The third kappa shape index (κ3) is 5.48. The number of H-pyrrole nitrogens is 1. The van der Waals surface area contributed by atoms with Crippen LogP contribution in [0.3, 0.4) is 0 Å². The van der Waals surface area contributed by atoms with Gasteiger partial charge in [0.25, 0.3) is 5.91 Å². The van der Waals surface area contributed by atoms with E-state index in [-0.39, 0.29) is 23.6 Å². The summed E-state index contributed by atoms with van der Waals surface area (Å²) in [7, 11) is 2.10. The Morgan fingerprint density at radius 1 is 1.02 bits per heavy atom. The fourth-order valence-electron chi connectivity index (χ4n) is 5.36. The fraction of sp³-hybridized carbons (Fsp3) is 0.333. The molecule has 208 valence electrons. The van der Waals surface area contributed by atoms with Crippen LogP contribution in [0.1, 0.15) is 48.3 Å². The molecule has 1 saturated heterocycles. The SMILES string of the molecule is C=CC(=O)Nc1ccc(C(=O)Nc2cccc(Nc3n[nH]c4c3CN(C(=O)C3CCN(C)CC3)C4(C)C)c2)cc1. The van der Waals surface area contributed by atoms with Gasteiger partial charge in [0, 0.05) is 34.1 Å². The van der Waals surface area contributed by atoms with Gasteiger partial charge in [-0.25, -0.2) is 0 Å². The topological polar surface area (TPSA) is 122 Å². The van der Waals surface area contributed by atoms with Crippen molar-refractivity contribution < 1.29 is 14.4 Å². The second-order valence-corrected chi connectivity index (χ2v) is 10.9. The number of nitrogens with zero attached hydrogens (tertiary/aromatic N) is 3. The zero-order valence-electron chi connectivity index (χ0n) is 23.1. The first kappa shape index (κ1) is 27.1. The zero-order chi connectivity index (χ0) is 28.4. The van der Waals surface area contributed by atoms with Crippen molar-refractivity contribution in [1.29, 1.82) is 0 Å². The first-order valence-electron chi connectivity index (χ1n) is 13.5. The predicted molar refractivity (Wildman–Crippen MR) is 155 cm³/mol. The van der Waals surface area contributed by atoms with E-state index in [0.29, 0.717) is 29.3 Å². The molecule has 0 spiro atoms. The van der Waals surface area contributed by atoms with E-state index in [0.717, 1.165) is 42.9 Å².